The number of piperazine rings is 1. The predicted octanol–water partition coefficient (Wildman–Crippen LogP) is 5.04. The van der Waals surface area contributed by atoms with Crippen LogP contribution in [0.25, 0.3) is 11.1 Å². The fourth-order valence-corrected chi connectivity index (χ4v) is 6.25. The standard InChI is InChI=1S/C39H44N8O2/c1-46-21-23-47(24-22-46)26-28-5-10-29(11-6-28)35-25-40-39(45-37(35)42-31-17-19-34(48)20-18-31)44-33-13-8-27(9-14-33)7-12-30-3-2-4-36(41-30)38(49)43-32-15-16-32/h2-6,8-11,13-14,25,31-32,34,48H,15-24,26H2,1H3,(H,43,49)(H2,40,42,44,45). The summed E-state index contributed by atoms with van der Waals surface area (Å²) in [6, 6.07) is 22.4. The highest BCUT2D eigenvalue weighted by molar-refractivity contribution is 5.92. The molecule has 4 N–H and O–H groups in total. The second-order valence-electron chi connectivity index (χ2n) is 13.5. The van der Waals surface area contributed by atoms with E-state index < -0.39 is 0 Å². The van der Waals surface area contributed by atoms with Crippen LogP contribution in [-0.2, 0) is 6.54 Å². The highest BCUT2D eigenvalue weighted by Gasteiger charge is 2.24. The van der Waals surface area contributed by atoms with E-state index in [1.807, 2.05) is 42.6 Å². The van der Waals surface area contributed by atoms with Crippen molar-refractivity contribution < 1.29 is 9.90 Å². The van der Waals surface area contributed by atoms with Gasteiger partial charge < -0.3 is 26.0 Å². The van der Waals surface area contributed by atoms with E-state index in [1.165, 1.54) is 5.56 Å². The van der Waals surface area contributed by atoms with Gasteiger partial charge in [0.25, 0.3) is 5.91 Å². The zero-order valence-electron chi connectivity index (χ0n) is 28.0. The Hall–Kier alpha value is -4.82. The number of carbonyl (C=O) groups excluding carboxylic acids is 1. The number of carbonyl (C=O) groups is 1. The molecule has 252 valence electrons. The van der Waals surface area contributed by atoms with Crippen molar-refractivity contribution in [3.8, 4) is 23.0 Å². The van der Waals surface area contributed by atoms with Gasteiger partial charge in [0, 0.05) is 67.8 Å². The van der Waals surface area contributed by atoms with Crippen LogP contribution in [0.5, 0.6) is 0 Å². The molecule has 10 nitrogen and oxygen atoms in total. The molecule has 2 aromatic carbocycles. The number of hydrogen-bond acceptors (Lipinski definition) is 9. The minimum absolute atomic E-state index is 0.151. The summed E-state index contributed by atoms with van der Waals surface area (Å²) in [6.45, 7) is 5.35. The second-order valence-corrected chi connectivity index (χ2v) is 13.5. The van der Waals surface area contributed by atoms with Crippen molar-refractivity contribution in [3.05, 3.63) is 95.4 Å². The van der Waals surface area contributed by atoms with Gasteiger partial charge in [-0.15, -0.1) is 0 Å². The van der Waals surface area contributed by atoms with E-state index in [1.54, 1.807) is 6.07 Å². The van der Waals surface area contributed by atoms with Gasteiger partial charge in [-0.05, 0) is 99.0 Å². The van der Waals surface area contributed by atoms with E-state index in [9.17, 15) is 9.90 Å². The molecule has 10 heteroatoms. The summed E-state index contributed by atoms with van der Waals surface area (Å²) in [7, 11) is 2.18. The van der Waals surface area contributed by atoms with Gasteiger partial charge in [-0.25, -0.2) is 9.97 Å². The molecule has 3 aliphatic rings. The topological polar surface area (TPSA) is 119 Å². The van der Waals surface area contributed by atoms with Crippen LogP contribution < -0.4 is 16.0 Å². The normalized spacial score (nSPS) is 19.8. The number of likely N-dealkylation sites (N-methyl/N-ethyl adjacent to an activating group) is 1. The largest absolute Gasteiger partial charge is 0.393 e. The van der Waals surface area contributed by atoms with Crippen molar-refractivity contribution in [1.29, 1.82) is 0 Å². The Morgan fingerprint density at radius 3 is 2.33 bits per heavy atom. The molecule has 7 rings (SSSR count). The Morgan fingerprint density at radius 2 is 1.59 bits per heavy atom. The first-order valence-electron chi connectivity index (χ1n) is 17.4. The second kappa shape index (κ2) is 15.2. The average molecular weight is 657 g/mol. The Bertz CT molecular complexity index is 1800. The number of hydrogen-bond donors (Lipinski definition) is 4. The number of aliphatic hydroxyl groups is 1. The van der Waals surface area contributed by atoms with Gasteiger partial charge in [-0.1, -0.05) is 36.3 Å². The maximum atomic E-state index is 12.4. The number of benzene rings is 2. The minimum Gasteiger partial charge on any atom is -0.393 e. The molecule has 2 saturated carbocycles. The van der Waals surface area contributed by atoms with Crippen LogP contribution >= 0.6 is 0 Å². The molecule has 1 aliphatic heterocycles. The Morgan fingerprint density at radius 1 is 0.857 bits per heavy atom. The van der Waals surface area contributed by atoms with E-state index >= 15 is 0 Å². The van der Waals surface area contributed by atoms with Crippen molar-refractivity contribution in [3.63, 3.8) is 0 Å². The maximum absolute atomic E-state index is 12.4. The van der Waals surface area contributed by atoms with Gasteiger partial charge in [0.05, 0.1) is 6.10 Å². The summed E-state index contributed by atoms with van der Waals surface area (Å²) in [6.07, 6.45) is 7.10. The summed E-state index contributed by atoms with van der Waals surface area (Å²) < 4.78 is 0. The van der Waals surface area contributed by atoms with Crippen molar-refractivity contribution in [2.24, 2.45) is 0 Å². The molecular weight excluding hydrogens is 612 g/mol. The van der Waals surface area contributed by atoms with Crippen LogP contribution in [0.2, 0.25) is 0 Å². The van der Waals surface area contributed by atoms with E-state index in [0.717, 1.165) is 99.4 Å². The summed E-state index contributed by atoms with van der Waals surface area (Å²) >= 11 is 0. The lowest BCUT2D eigenvalue weighted by molar-refractivity contribution is 0.0946. The van der Waals surface area contributed by atoms with Gasteiger partial charge in [0.15, 0.2) is 0 Å². The number of aromatic nitrogens is 3. The highest BCUT2D eigenvalue weighted by atomic mass is 16.3. The molecule has 0 spiro atoms. The number of nitrogens with one attached hydrogen (secondary N) is 3. The number of anilines is 3. The third-order valence-corrected chi connectivity index (χ3v) is 9.46. The number of rotatable bonds is 9. The number of nitrogens with zero attached hydrogens (tertiary/aromatic N) is 5. The molecule has 0 bridgehead atoms. The first-order chi connectivity index (χ1) is 23.9. The quantitative estimate of drug-likeness (QED) is 0.184. The van der Waals surface area contributed by atoms with Crippen molar-refractivity contribution >= 4 is 23.4 Å². The molecule has 3 fully saturated rings. The molecule has 3 heterocycles. The maximum Gasteiger partial charge on any atom is 0.270 e. The van der Waals surface area contributed by atoms with Crippen LogP contribution in [-0.4, -0.2) is 87.2 Å². The van der Waals surface area contributed by atoms with Gasteiger partial charge >= 0.3 is 0 Å². The molecule has 0 atom stereocenters. The van der Waals surface area contributed by atoms with E-state index in [-0.39, 0.29) is 24.1 Å². The lowest BCUT2D eigenvalue weighted by atomic mass is 9.93. The van der Waals surface area contributed by atoms with Gasteiger partial charge in [-0.3, -0.25) is 9.69 Å². The first kappa shape index (κ1) is 32.7. The van der Waals surface area contributed by atoms with Crippen LogP contribution in [0, 0.1) is 11.8 Å². The molecule has 49 heavy (non-hydrogen) atoms. The third-order valence-electron chi connectivity index (χ3n) is 9.46. The molecule has 1 amide bonds. The zero-order valence-corrected chi connectivity index (χ0v) is 28.0. The number of amides is 1. The molecule has 0 unspecified atom stereocenters. The number of pyridine rings is 1. The summed E-state index contributed by atoms with van der Waals surface area (Å²) in [4.78, 5) is 31.3. The van der Waals surface area contributed by atoms with E-state index in [2.05, 4.69) is 73.9 Å². The first-order valence-corrected chi connectivity index (χ1v) is 17.4. The monoisotopic (exact) mass is 656 g/mol. The molecule has 0 radical (unpaired) electrons. The van der Waals surface area contributed by atoms with Crippen molar-refractivity contribution in [2.45, 2.75) is 63.3 Å². The average Bonchev–Trinajstić information content (AvgIpc) is 3.95. The van der Waals surface area contributed by atoms with Gasteiger partial charge in [0.2, 0.25) is 5.95 Å². The Kier molecular flexibility index (Phi) is 10.1. The summed E-state index contributed by atoms with van der Waals surface area (Å²) in [5, 5.41) is 20.1. The molecular formula is C39H44N8O2. The molecule has 2 aliphatic carbocycles. The minimum atomic E-state index is -0.222. The fourth-order valence-electron chi connectivity index (χ4n) is 6.25. The number of aliphatic hydroxyl groups excluding tert-OH is 1. The summed E-state index contributed by atoms with van der Waals surface area (Å²) in [5.74, 6) is 7.36. The molecule has 2 aromatic heterocycles. The predicted molar refractivity (Wildman–Crippen MR) is 193 cm³/mol. The molecule has 4 aromatic rings. The Balaban J connectivity index is 1.04. The van der Waals surface area contributed by atoms with Crippen LogP contribution in [0.3, 0.4) is 0 Å². The van der Waals surface area contributed by atoms with Crippen LogP contribution in [0.1, 0.15) is 65.8 Å². The lowest BCUT2D eigenvalue weighted by Gasteiger charge is -2.32. The van der Waals surface area contributed by atoms with Crippen LogP contribution in [0.4, 0.5) is 17.5 Å². The zero-order chi connectivity index (χ0) is 33.6. The fraction of sp³-hybridized carbons (Fsp3) is 0.385. The third kappa shape index (κ3) is 9.00. The summed E-state index contributed by atoms with van der Waals surface area (Å²) in [5.41, 5.74) is 5.94. The smallest absolute Gasteiger partial charge is 0.270 e. The van der Waals surface area contributed by atoms with Gasteiger partial charge in [0.1, 0.15) is 17.2 Å². The van der Waals surface area contributed by atoms with E-state index in [4.69, 9.17) is 9.97 Å². The van der Waals surface area contributed by atoms with E-state index in [0.29, 0.717) is 17.3 Å². The van der Waals surface area contributed by atoms with Gasteiger partial charge in [-0.2, -0.15) is 4.98 Å². The van der Waals surface area contributed by atoms with Crippen molar-refractivity contribution in [1.82, 2.24) is 30.1 Å². The van der Waals surface area contributed by atoms with Crippen LogP contribution in [0.15, 0.2) is 72.9 Å². The lowest BCUT2D eigenvalue weighted by Crippen LogP contribution is -2.43. The Labute approximate surface area is 288 Å². The van der Waals surface area contributed by atoms with Crippen molar-refractivity contribution in [2.75, 3.05) is 43.9 Å². The highest BCUT2D eigenvalue weighted by Crippen LogP contribution is 2.31. The SMILES string of the molecule is CN1CCN(Cc2ccc(-c3cnc(Nc4ccc(C#Cc5cccc(C(=O)NC6CC6)n5)cc4)nc3NC3CCC(O)CC3)cc2)CC1. The molecule has 1 saturated heterocycles.